The maximum atomic E-state index is 6.09. The third-order valence-electron chi connectivity index (χ3n) is 3.20. The van der Waals surface area contributed by atoms with Crippen LogP contribution < -0.4 is 10.6 Å². The molecule has 2 N–H and O–H groups in total. The van der Waals surface area contributed by atoms with Gasteiger partial charge < -0.3 is 15.5 Å². The molecule has 19 heavy (non-hydrogen) atoms. The predicted octanol–water partition coefficient (Wildman–Crippen LogP) is 2.46. The third-order valence-corrected chi connectivity index (χ3v) is 3.48. The van der Waals surface area contributed by atoms with E-state index in [0.717, 1.165) is 32.1 Å². The number of rotatable bonds is 8. The molecular formula is C13H22ClN5. The molecule has 0 radical (unpaired) electrons. The topological polar surface area (TPSA) is 53.1 Å². The van der Waals surface area contributed by atoms with Crippen molar-refractivity contribution in [3.8, 4) is 0 Å². The minimum Gasteiger partial charge on any atom is -0.367 e. The molecule has 1 aromatic rings. The highest BCUT2D eigenvalue weighted by Crippen LogP contribution is 2.25. The van der Waals surface area contributed by atoms with Crippen molar-refractivity contribution in [2.75, 3.05) is 37.3 Å². The normalized spacial score (nSPS) is 14.7. The van der Waals surface area contributed by atoms with Gasteiger partial charge in [0.2, 0.25) is 5.95 Å². The van der Waals surface area contributed by atoms with Crippen molar-refractivity contribution >= 4 is 23.4 Å². The molecule has 1 aromatic heterocycles. The first-order valence-corrected chi connectivity index (χ1v) is 7.29. The van der Waals surface area contributed by atoms with Gasteiger partial charge in [0.1, 0.15) is 5.02 Å². The summed E-state index contributed by atoms with van der Waals surface area (Å²) in [5.74, 6) is 1.34. The van der Waals surface area contributed by atoms with Gasteiger partial charge in [-0.15, -0.1) is 0 Å². The van der Waals surface area contributed by atoms with Crippen LogP contribution in [0.25, 0.3) is 0 Å². The summed E-state index contributed by atoms with van der Waals surface area (Å²) in [6.07, 6.45) is 5.34. The Balaban J connectivity index is 1.83. The van der Waals surface area contributed by atoms with Crippen LogP contribution in [0.1, 0.15) is 26.2 Å². The molecule has 1 saturated carbocycles. The fraction of sp³-hybridized carbons (Fsp3) is 0.692. The molecule has 0 saturated heterocycles. The quantitative estimate of drug-likeness (QED) is 0.768. The van der Waals surface area contributed by atoms with Crippen molar-refractivity contribution in [1.82, 2.24) is 14.9 Å². The van der Waals surface area contributed by atoms with Crippen LogP contribution in [0.4, 0.5) is 11.8 Å². The van der Waals surface area contributed by atoms with Gasteiger partial charge in [-0.05, 0) is 26.3 Å². The molecule has 6 heteroatoms. The molecule has 5 nitrogen and oxygen atoms in total. The Morgan fingerprint density at radius 1 is 1.37 bits per heavy atom. The molecule has 0 bridgehead atoms. The fourth-order valence-electron chi connectivity index (χ4n) is 1.86. The van der Waals surface area contributed by atoms with Crippen LogP contribution in [0.15, 0.2) is 6.20 Å². The van der Waals surface area contributed by atoms with Crippen molar-refractivity contribution in [2.45, 2.75) is 32.2 Å². The Morgan fingerprint density at radius 3 is 2.84 bits per heavy atom. The van der Waals surface area contributed by atoms with Crippen LogP contribution in [0, 0.1) is 0 Å². The molecule has 1 heterocycles. The number of nitrogens with one attached hydrogen (secondary N) is 2. The lowest BCUT2D eigenvalue weighted by molar-refractivity contribution is 0.337. The molecular weight excluding hydrogens is 262 g/mol. The van der Waals surface area contributed by atoms with Crippen LogP contribution in [0.5, 0.6) is 0 Å². The summed E-state index contributed by atoms with van der Waals surface area (Å²) < 4.78 is 0. The van der Waals surface area contributed by atoms with E-state index in [-0.39, 0.29) is 0 Å². The second-order valence-electron chi connectivity index (χ2n) is 4.96. The van der Waals surface area contributed by atoms with Crippen LogP contribution in [0.3, 0.4) is 0 Å². The van der Waals surface area contributed by atoms with Crippen molar-refractivity contribution < 1.29 is 0 Å². The van der Waals surface area contributed by atoms with Crippen LogP contribution >= 0.6 is 11.6 Å². The van der Waals surface area contributed by atoms with Gasteiger partial charge in [-0.2, -0.15) is 4.98 Å². The number of halogens is 1. The van der Waals surface area contributed by atoms with Gasteiger partial charge in [0, 0.05) is 25.7 Å². The number of nitrogens with zero attached hydrogens (tertiary/aromatic N) is 3. The molecule has 0 aromatic carbocycles. The van der Waals surface area contributed by atoms with E-state index in [2.05, 4.69) is 39.5 Å². The highest BCUT2D eigenvalue weighted by Gasteiger charge is 2.25. The number of likely N-dealkylation sites (N-methyl/N-ethyl adjacent to an activating group) is 1. The van der Waals surface area contributed by atoms with E-state index in [9.17, 15) is 0 Å². The lowest BCUT2D eigenvalue weighted by Gasteiger charge is -2.16. The Morgan fingerprint density at radius 2 is 2.16 bits per heavy atom. The average molecular weight is 284 g/mol. The van der Waals surface area contributed by atoms with Crippen LogP contribution in [-0.2, 0) is 0 Å². The van der Waals surface area contributed by atoms with Gasteiger partial charge in [0.25, 0.3) is 0 Å². The first-order chi connectivity index (χ1) is 9.20. The Hall–Kier alpha value is -1.07. The van der Waals surface area contributed by atoms with Crippen molar-refractivity contribution in [3.63, 3.8) is 0 Å². The zero-order valence-electron chi connectivity index (χ0n) is 11.6. The van der Waals surface area contributed by atoms with Crippen molar-refractivity contribution in [2.24, 2.45) is 0 Å². The monoisotopic (exact) mass is 283 g/mol. The van der Waals surface area contributed by atoms with E-state index >= 15 is 0 Å². The van der Waals surface area contributed by atoms with Gasteiger partial charge in [-0.25, -0.2) is 4.98 Å². The second kappa shape index (κ2) is 6.91. The van der Waals surface area contributed by atoms with Crippen molar-refractivity contribution in [3.05, 3.63) is 11.2 Å². The lowest BCUT2D eigenvalue weighted by Crippen LogP contribution is -2.27. The SMILES string of the molecule is CCCNc1ncc(Cl)c(NCCN(C)C2CC2)n1. The smallest absolute Gasteiger partial charge is 0.224 e. The maximum Gasteiger partial charge on any atom is 0.224 e. The lowest BCUT2D eigenvalue weighted by atomic mass is 10.4. The van der Waals surface area contributed by atoms with E-state index in [1.807, 2.05) is 0 Å². The zero-order valence-corrected chi connectivity index (χ0v) is 12.4. The molecule has 0 amide bonds. The summed E-state index contributed by atoms with van der Waals surface area (Å²) in [5, 5.41) is 7.00. The summed E-state index contributed by atoms with van der Waals surface area (Å²) >= 11 is 6.09. The van der Waals surface area contributed by atoms with E-state index in [0.29, 0.717) is 16.8 Å². The highest BCUT2D eigenvalue weighted by atomic mass is 35.5. The summed E-state index contributed by atoms with van der Waals surface area (Å²) in [4.78, 5) is 10.9. The third kappa shape index (κ3) is 4.51. The van der Waals surface area contributed by atoms with Gasteiger partial charge in [-0.1, -0.05) is 18.5 Å². The Bertz CT molecular complexity index is 408. The first kappa shape index (κ1) is 14.3. The molecule has 0 aliphatic heterocycles. The van der Waals surface area contributed by atoms with E-state index in [1.54, 1.807) is 6.20 Å². The molecule has 0 unspecified atom stereocenters. The minimum absolute atomic E-state index is 0.566. The minimum atomic E-state index is 0.566. The molecule has 106 valence electrons. The zero-order chi connectivity index (χ0) is 13.7. The van der Waals surface area contributed by atoms with Crippen molar-refractivity contribution in [1.29, 1.82) is 0 Å². The van der Waals surface area contributed by atoms with E-state index in [4.69, 9.17) is 11.6 Å². The number of anilines is 2. The highest BCUT2D eigenvalue weighted by molar-refractivity contribution is 6.32. The van der Waals surface area contributed by atoms with Gasteiger partial charge in [0.05, 0.1) is 6.20 Å². The van der Waals surface area contributed by atoms with E-state index < -0.39 is 0 Å². The standard InChI is InChI=1S/C13H22ClN5/c1-3-6-16-13-17-9-11(14)12(18-13)15-7-8-19(2)10-4-5-10/h9-10H,3-8H2,1-2H3,(H2,15,16,17,18). The largest absolute Gasteiger partial charge is 0.367 e. The maximum absolute atomic E-state index is 6.09. The van der Waals surface area contributed by atoms with Crippen LogP contribution in [-0.4, -0.2) is 47.6 Å². The molecule has 1 aliphatic rings. The number of hydrogen-bond acceptors (Lipinski definition) is 5. The summed E-state index contributed by atoms with van der Waals surface area (Å²) in [7, 11) is 2.16. The fourth-order valence-corrected chi connectivity index (χ4v) is 2.02. The summed E-state index contributed by atoms with van der Waals surface area (Å²) in [6.45, 7) is 4.82. The van der Waals surface area contributed by atoms with Gasteiger partial charge in [0.15, 0.2) is 5.82 Å². The van der Waals surface area contributed by atoms with Gasteiger partial charge in [-0.3, -0.25) is 0 Å². The Kier molecular flexibility index (Phi) is 5.22. The molecule has 1 aliphatic carbocycles. The molecule has 1 fully saturated rings. The summed E-state index contributed by atoms with van der Waals surface area (Å²) in [5.41, 5.74) is 0. The second-order valence-corrected chi connectivity index (χ2v) is 5.36. The average Bonchev–Trinajstić information content (AvgIpc) is 3.23. The van der Waals surface area contributed by atoms with E-state index in [1.165, 1.54) is 12.8 Å². The van der Waals surface area contributed by atoms with Crippen LogP contribution in [0.2, 0.25) is 5.02 Å². The molecule has 0 spiro atoms. The molecule has 0 atom stereocenters. The first-order valence-electron chi connectivity index (χ1n) is 6.91. The molecule has 2 rings (SSSR count). The number of hydrogen-bond donors (Lipinski definition) is 2. The Labute approximate surface area is 119 Å². The predicted molar refractivity (Wildman–Crippen MR) is 80.0 cm³/mol. The van der Waals surface area contributed by atoms with Gasteiger partial charge >= 0.3 is 0 Å². The number of aromatic nitrogens is 2. The summed E-state index contributed by atoms with van der Waals surface area (Å²) in [6, 6.07) is 0.782.